The number of carbonyl (C=O) groups excluding carboxylic acids is 1. The Morgan fingerprint density at radius 3 is 2.42 bits per heavy atom. The molecule has 130 valence electrons. The molecule has 3 fully saturated rings. The number of rotatable bonds is 7. The summed E-state index contributed by atoms with van der Waals surface area (Å²) in [5.41, 5.74) is 0.388. The van der Waals surface area contributed by atoms with Gasteiger partial charge < -0.3 is 9.64 Å². The van der Waals surface area contributed by atoms with Crippen LogP contribution in [0.4, 0.5) is 0 Å². The Morgan fingerprint density at radius 2 is 1.92 bits per heavy atom. The number of hydrogen-bond acceptors (Lipinski definition) is 5. The summed E-state index contributed by atoms with van der Waals surface area (Å²) in [4.78, 5) is 16.6. The molecular weight excluding hydrogens is 304 g/mol. The van der Waals surface area contributed by atoms with Crippen LogP contribution < -0.4 is 0 Å². The minimum absolute atomic E-state index is 0.0395. The minimum atomic E-state index is 0.0395. The highest BCUT2D eigenvalue weighted by Gasteiger charge is 2.59. The Morgan fingerprint density at radius 1 is 1.21 bits per heavy atom. The SMILES string of the molecule is N#CCCN(CCC#N)C(=O)CN1CC2(CCC2)[C@@H]1[C@@H]1CCCO1. The molecule has 2 saturated heterocycles. The van der Waals surface area contributed by atoms with E-state index in [1.807, 2.05) is 0 Å². The second-order valence-corrected chi connectivity index (χ2v) is 7.31. The molecule has 0 bridgehead atoms. The Bertz CT molecular complexity index is 522. The molecule has 6 nitrogen and oxygen atoms in total. The molecule has 0 unspecified atom stereocenters. The molecule has 0 aromatic rings. The molecule has 2 heterocycles. The summed E-state index contributed by atoms with van der Waals surface area (Å²) in [6, 6.07) is 4.55. The summed E-state index contributed by atoms with van der Waals surface area (Å²) in [5, 5.41) is 17.6. The smallest absolute Gasteiger partial charge is 0.236 e. The molecular formula is C18H26N4O2. The van der Waals surface area contributed by atoms with Crippen molar-refractivity contribution in [3.05, 3.63) is 0 Å². The zero-order valence-corrected chi connectivity index (χ0v) is 14.2. The van der Waals surface area contributed by atoms with E-state index in [0.717, 1.165) is 26.0 Å². The summed E-state index contributed by atoms with van der Waals surface area (Å²) >= 11 is 0. The molecule has 1 spiro atoms. The molecule has 0 aromatic carbocycles. The van der Waals surface area contributed by atoms with Crippen molar-refractivity contribution in [1.82, 2.24) is 9.80 Å². The van der Waals surface area contributed by atoms with Gasteiger partial charge in [-0.1, -0.05) is 6.42 Å². The number of hydrogen-bond donors (Lipinski definition) is 0. The fraction of sp³-hybridized carbons (Fsp3) is 0.833. The quantitative estimate of drug-likeness (QED) is 0.709. The maximum atomic E-state index is 12.7. The number of nitrogens with zero attached hydrogens (tertiary/aromatic N) is 4. The van der Waals surface area contributed by atoms with Gasteiger partial charge in [0.15, 0.2) is 0 Å². The van der Waals surface area contributed by atoms with Crippen LogP contribution in [0.25, 0.3) is 0 Å². The lowest BCUT2D eigenvalue weighted by molar-refractivity contribution is -0.178. The predicted octanol–water partition coefficient (Wildman–Crippen LogP) is 1.68. The third kappa shape index (κ3) is 3.27. The second kappa shape index (κ2) is 7.51. The van der Waals surface area contributed by atoms with Crippen molar-refractivity contribution in [2.75, 3.05) is 32.8 Å². The van der Waals surface area contributed by atoms with Crippen molar-refractivity contribution in [3.63, 3.8) is 0 Å². The average Bonchev–Trinajstić information content (AvgIpc) is 3.02. The second-order valence-electron chi connectivity index (χ2n) is 7.31. The zero-order valence-electron chi connectivity index (χ0n) is 14.2. The van der Waals surface area contributed by atoms with Gasteiger partial charge in [-0.05, 0) is 25.7 Å². The first-order chi connectivity index (χ1) is 11.7. The van der Waals surface area contributed by atoms with Crippen LogP contribution in [0.1, 0.15) is 44.9 Å². The lowest BCUT2D eigenvalue weighted by Crippen LogP contribution is -2.72. The molecule has 2 atom stereocenters. The highest BCUT2D eigenvalue weighted by molar-refractivity contribution is 5.78. The molecule has 3 aliphatic rings. The van der Waals surface area contributed by atoms with E-state index in [2.05, 4.69) is 17.0 Å². The van der Waals surface area contributed by atoms with Crippen molar-refractivity contribution in [1.29, 1.82) is 10.5 Å². The summed E-state index contributed by atoms with van der Waals surface area (Å²) in [6.07, 6.45) is 6.94. The van der Waals surface area contributed by atoms with E-state index in [4.69, 9.17) is 15.3 Å². The van der Waals surface area contributed by atoms with E-state index in [0.29, 0.717) is 43.9 Å². The van der Waals surface area contributed by atoms with Gasteiger partial charge >= 0.3 is 0 Å². The van der Waals surface area contributed by atoms with Crippen LogP contribution in [-0.2, 0) is 9.53 Å². The highest BCUT2D eigenvalue weighted by atomic mass is 16.5. The molecule has 0 aromatic heterocycles. The fourth-order valence-electron chi connectivity index (χ4n) is 4.60. The highest BCUT2D eigenvalue weighted by Crippen LogP contribution is 2.55. The monoisotopic (exact) mass is 330 g/mol. The van der Waals surface area contributed by atoms with Crippen molar-refractivity contribution in [3.8, 4) is 12.1 Å². The fourth-order valence-corrected chi connectivity index (χ4v) is 4.60. The molecule has 3 rings (SSSR count). The van der Waals surface area contributed by atoms with Crippen molar-refractivity contribution in [2.45, 2.75) is 57.1 Å². The number of amides is 1. The van der Waals surface area contributed by atoms with E-state index >= 15 is 0 Å². The van der Waals surface area contributed by atoms with Crippen LogP contribution in [0.15, 0.2) is 0 Å². The maximum Gasteiger partial charge on any atom is 0.236 e. The van der Waals surface area contributed by atoms with E-state index in [-0.39, 0.29) is 12.0 Å². The van der Waals surface area contributed by atoms with E-state index in [1.165, 1.54) is 19.3 Å². The maximum absolute atomic E-state index is 12.7. The van der Waals surface area contributed by atoms with Crippen LogP contribution >= 0.6 is 0 Å². The van der Waals surface area contributed by atoms with Gasteiger partial charge in [0, 0.05) is 37.7 Å². The van der Waals surface area contributed by atoms with Crippen molar-refractivity contribution >= 4 is 5.91 Å². The molecule has 1 amide bonds. The van der Waals surface area contributed by atoms with E-state index in [9.17, 15) is 4.79 Å². The van der Waals surface area contributed by atoms with Gasteiger partial charge in [-0.3, -0.25) is 9.69 Å². The van der Waals surface area contributed by atoms with Crippen molar-refractivity contribution < 1.29 is 9.53 Å². The summed E-state index contributed by atoms with van der Waals surface area (Å²) in [5.74, 6) is 0.0395. The lowest BCUT2D eigenvalue weighted by Gasteiger charge is -2.64. The van der Waals surface area contributed by atoms with E-state index in [1.54, 1.807) is 4.90 Å². The summed E-state index contributed by atoms with van der Waals surface area (Å²) < 4.78 is 5.94. The molecule has 6 heteroatoms. The number of likely N-dealkylation sites (tertiary alicyclic amines) is 1. The Balaban J connectivity index is 1.59. The van der Waals surface area contributed by atoms with Crippen LogP contribution in [0.5, 0.6) is 0 Å². The normalized spacial score (nSPS) is 27.8. The van der Waals surface area contributed by atoms with E-state index < -0.39 is 0 Å². The number of ether oxygens (including phenoxy) is 1. The third-order valence-corrected chi connectivity index (χ3v) is 5.88. The standard InChI is InChI=1S/C18H26N4O2/c19-8-3-10-21(11-4-9-20)16(23)13-22-14-18(6-2-7-18)17(22)15-5-1-12-24-15/h15,17H,1-7,10-14H2/t15-,17-/m0/s1. The number of carbonyl (C=O) groups is 1. The summed E-state index contributed by atoms with van der Waals surface area (Å²) in [6.45, 7) is 3.06. The largest absolute Gasteiger partial charge is 0.377 e. The molecule has 0 N–H and O–H groups in total. The van der Waals surface area contributed by atoms with Crippen LogP contribution in [0, 0.1) is 28.1 Å². The van der Waals surface area contributed by atoms with Gasteiger partial charge in [-0.15, -0.1) is 0 Å². The summed E-state index contributed by atoms with van der Waals surface area (Å²) in [7, 11) is 0. The van der Waals surface area contributed by atoms with Gasteiger partial charge in [0.1, 0.15) is 0 Å². The van der Waals surface area contributed by atoms with Crippen LogP contribution in [0.2, 0.25) is 0 Å². The molecule has 2 aliphatic heterocycles. The van der Waals surface area contributed by atoms with Crippen LogP contribution in [0.3, 0.4) is 0 Å². The first-order valence-corrected chi connectivity index (χ1v) is 9.07. The van der Waals surface area contributed by atoms with Gasteiger partial charge in [0.25, 0.3) is 0 Å². The average molecular weight is 330 g/mol. The van der Waals surface area contributed by atoms with Gasteiger partial charge in [0.05, 0.1) is 37.6 Å². The minimum Gasteiger partial charge on any atom is -0.377 e. The topological polar surface area (TPSA) is 80.4 Å². The van der Waals surface area contributed by atoms with Gasteiger partial charge in [-0.2, -0.15) is 10.5 Å². The Hall–Kier alpha value is -1.63. The Kier molecular flexibility index (Phi) is 5.38. The zero-order chi connectivity index (χ0) is 17.0. The Labute approximate surface area is 144 Å². The molecule has 1 saturated carbocycles. The first-order valence-electron chi connectivity index (χ1n) is 9.07. The first kappa shape index (κ1) is 17.2. The lowest BCUT2D eigenvalue weighted by atomic mass is 9.56. The van der Waals surface area contributed by atoms with Crippen LogP contribution in [-0.4, -0.2) is 60.6 Å². The van der Waals surface area contributed by atoms with Crippen molar-refractivity contribution in [2.24, 2.45) is 5.41 Å². The molecule has 1 aliphatic carbocycles. The predicted molar refractivity (Wildman–Crippen MR) is 87.7 cm³/mol. The molecule has 0 radical (unpaired) electrons. The number of nitriles is 2. The third-order valence-electron chi connectivity index (χ3n) is 5.88. The molecule has 24 heavy (non-hydrogen) atoms. The van der Waals surface area contributed by atoms with Gasteiger partial charge in [-0.25, -0.2) is 0 Å². The van der Waals surface area contributed by atoms with Gasteiger partial charge in [0.2, 0.25) is 5.91 Å².